The standard InChI is InChI=1S/C16H27ClN4O/c1-4-5-13-10-22-11-14-8-20(6-7-21(13)14)9-15-12(2)18-19(3)16(15)17/h13-14H,4-11H2,1-3H3/t13-,14+/m0/s1. The van der Waals surface area contributed by atoms with E-state index in [-0.39, 0.29) is 0 Å². The number of fused-ring (bicyclic) bond motifs is 1. The highest BCUT2D eigenvalue weighted by Crippen LogP contribution is 2.25. The molecule has 2 aliphatic rings. The first-order valence-electron chi connectivity index (χ1n) is 8.34. The van der Waals surface area contributed by atoms with Gasteiger partial charge in [0.2, 0.25) is 0 Å². The van der Waals surface area contributed by atoms with Crippen molar-refractivity contribution in [2.24, 2.45) is 7.05 Å². The van der Waals surface area contributed by atoms with Crippen LogP contribution in [0.25, 0.3) is 0 Å². The van der Waals surface area contributed by atoms with Crippen molar-refractivity contribution in [1.29, 1.82) is 0 Å². The first-order chi connectivity index (χ1) is 10.6. The first-order valence-corrected chi connectivity index (χ1v) is 8.71. The third-order valence-electron chi connectivity index (χ3n) is 4.98. The molecule has 0 unspecified atom stereocenters. The van der Waals surface area contributed by atoms with Crippen LogP contribution in [-0.2, 0) is 18.3 Å². The van der Waals surface area contributed by atoms with E-state index in [9.17, 15) is 0 Å². The second kappa shape index (κ2) is 6.87. The van der Waals surface area contributed by atoms with Gasteiger partial charge in [-0.05, 0) is 13.3 Å². The van der Waals surface area contributed by atoms with Crippen LogP contribution in [0.2, 0.25) is 5.15 Å². The van der Waals surface area contributed by atoms with Crippen LogP contribution < -0.4 is 0 Å². The molecule has 2 atom stereocenters. The van der Waals surface area contributed by atoms with Crippen LogP contribution in [0, 0.1) is 6.92 Å². The van der Waals surface area contributed by atoms with Gasteiger partial charge in [0.05, 0.1) is 18.9 Å². The Balaban J connectivity index is 1.64. The van der Waals surface area contributed by atoms with Crippen molar-refractivity contribution in [2.45, 2.75) is 45.3 Å². The van der Waals surface area contributed by atoms with E-state index in [0.717, 1.165) is 50.2 Å². The highest BCUT2D eigenvalue weighted by molar-refractivity contribution is 6.30. The maximum Gasteiger partial charge on any atom is 0.131 e. The molecule has 2 saturated heterocycles. The van der Waals surface area contributed by atoms with Gasteiger partial charge >= 0.3 is 0 Å². The zero-order valence-corrected chi connectivity index (χ0v) is 14.6. The summed E-state index contributed by atoms with van der Waals surface area (Å²) in [5.41, 5.74) is 2.21. The van der Waals surface area contributed by atoms with Gasteiger partial charge in [0.15, 0.2) is 0 Å². The van der Waals surface area contributed by atoms with Gasteiger partial charge in [0.25, 0.3) is 0 Å². The minimum atomic E-state index is 0.523. The van der Waals surface area contributed by atoms with E-state index in [2.05, 4.69) is 21.8 Å². The molecule has 0 radical (unpaired) electrons. The van der Waals surface area contributed by atoms with Crippen LogP contribution in [-0.4, -0.2) is 64.5 Å². The van der Waals surface area contributed by atoms with Crippen molar-refractivity contribution in [3.8, 4) is 0 Å². The molecule has 5 nitrogen and oxygen atoms in total. The second-order valence-electron chi connectivity index (χ2n) is 6.59. The number of ether oxygens (including phenoxy) is 1. The summed E-state index contributed by atoms with van der Waals surface area (Å²) >= 11 is 6.37. The number of aromatic nitrogens is 2. The number of hydrogen-bond donors (Lipinski definition) is 0. The van der Waals surface area contributed by atoms with Crippen molar-refractivity contribution in [2.75, 3.05) is 32.8 Å². The molecule has 124 valence electrons. The quantitative estimate of drug-likeness (QED) is 0.848. The third kappa shape index (κ3) is 3.18. The number of piperazine rings is 1. The van der Waals surface area contributed by atoms with E-state index in [1.54, 1.807) is 4.68 Å². The Labute approximate surface area is 138 Å². The molecule has 0 amide bonds. The molecule has 0 bridgehead atoms. The SMILES string of the molecule is CCC[C@H]1COC[C@H]2CN(Cc3c(C)nn(C)c3Cl)CCN12. The lowest BCUT2D eigenvalue weighted by Gasteiger charge is -2.48. The predicted octanol–water partition coefficient (Wildman–Crippen LogP) is 2.07. The molecule has 6 heteroatoms. The summed E-state index contributed by atoms with van der Waals surface area (Å²) < 4.78 is 7.61. The summed E-state index contributed by atoms with van der Waals surface area (Å²) in [7, 11) is 1.90. The average Bonchev–Trinajstić information content (AvgIpc) is 2.74. The van der Waals surface area contributed by atoms with Gasteiger partial charge in [0, 0.05) is 50.9 Å². The number of hydrogen-bond acceptors (Lipinski definition) is 4. The van der Waals surface area contributed by atoms with Crippen LogP contribution in [0.15, 0.2) is 0 Å². The zero-order valence-electron chi connectivity index (χ0n) is 13.9. The van der Waals surface area contributed by atoms with Gasteiger partial charge < -0.3 is 4.74 Å². The molecule has 0 aliphatic carbocycles. The molecule has 3 rings (SSSR count). The summed E-state index contributed by atoms with van der Waals surface area (Å²) in [6.45, 7) is 10.2. The molecule has 22 heavy (non-hydrogen) atoms. The lowest BCUT2D eigenvalue weighted by molar-refractivity contribution is -0.0840. The fourth-order valence-corrected chi connectivity index (χ4v) is 4.04. The van der Waals surface area contributed by atoms with E-state index in [4.69, 9.17) is 16.3 Å². The monoisotopic (exact) mass is 326 g/mol. The number of aryl methyl sites for hydroxylation is 2. The van der Waals surface area contributed by atoms with Gasteiger partial charge in [-0.1, -0.05) is 24.9 Å². The van der Waals surface area contributed by atoms with E-state index in [0.29, 0.717) is 12.1 Å². The maximum absolute atomic E-state index is 6.37. The van der Waals surface area contributed by atoms with Crippen LogP contribution in [0.1, 0.15) is 31.0 Å². The van der Waals surface area contributed by atoms with Crippen LogP contribution in [0.4, 0.5) is 0 Å². The largest absolute Gasteiger partial charge is 0.378 e. The van der Waals surface area contributed by atoms with Crippen molar-refractivity contribution < 1.29 is 4.74 Å². The van der Waals surface area contributed by atoms with Crippen molar-refractivity contribution >= 4 is 11.6 Å². The van der Waals surface area contributed by atoms with Crippen molar-refractivity contribution in [3.05, 3.63) is 16.4 Å². The van der Waals surface area contributed by atoms with Crippen molar-refractivity contribution in [3.63, 3.8) is 0 Å². The molecule has 1 aromatic heterocycles. The Bertz CT molecular complexity index is 516. The fourth-order valence-electron chi connectivity index (χ4n) is 3.80. The molecule has 2 fully saturated rings. The molecule has 0 aromatic carbocycles. The average molecular weight is 327 g/mol. The number of halogens is 1. The van der Waals surface area contributed by atoms with E-state index >= 15 is 0 Å². The Morgan fingerprint density at radius 1 is 1.32 bits per heavy atom. The summed E-state index contributed by atoms with van der Waals surface area (Å²) in [4.78, 5) is 5.16. The highest BCUT2D eigenvalue weighted by atomic mass is 35.5. The Morgan fingerprint density at radius 2 is 2.14 bits per heavy atom. The van der Waals surface area contributed by atoms with Crippen LogP contribution in [0.3, 0.4) is 0 Å². The van der Waals surface area contributed by atoms with E-state index < -0.39 is 0 Å². The molecule has 2 aliphatic heterocycles. The molecule has 1 aromatic rings. The summed E-state index contributed by atoms with van der Waals surface area (Å²) in [5, 5.41) is 5.18. The number of rotatable bonds is 4. The lowest BCUT2D eigenvalue weighted by Crippen LogP contribution is -2.61. The van der Waals surface area contributed by atoms with Crippen LogP contribution >= 0.6 is 11.6 Å². The number of morpholine rings is 1. The van der Waals surface area contributed by atoms with Crippen molar-refractivity contribution in [1.82, 2.24) is 19.6 Å². The topological polar surface area (TPSA) is 33.5 Å². The normalized spacial score (nSPS) is 27.1. The fraction of sp³-hybridized carbons (Fsp3) is 0.812. The van der Waals surface area contributed by atoms with Crippen LogP contribution in [0.5, 0.6) is 0 Å². The Hall–Kier alpha value is -0.620. The van der Waals surface area contributed by atoms with E-state index in [1.165, 1.54) is 18.4 Å². The smallest absolute Gasteiger partial charge is 0.131 e. The van der Waals surface area contributed by atoms with Gasteiger partial charge in [-0.25, -0.2) is 0 Å². The minimum Gasteiger partial charge on any atom is -0.378 e. The van der Waals surface area contributed by atoms with Gasteiger partial charge in [0.1, 0.15) is 5.15 Å². The predicted molar refractivity (Wildman–Crippen MR) is 88.2 cm³/mol. The summed E-state index contributed by atoms with van der Waals surface area (Å²) in [6, 6.07) is 1.13. The number of nitrogens with zero attached hydrogens (tertiary/aromatic N) is 4. The highest BCUT2D eigenvalue weighted by Gasteiger charge is 2.35. The molecular weight excluding hydrogens is 300 g/mol. The minimum absolute atomic E-state index is 0.523. The second-order valence-corrected chi connectivity index (χ2v) is 6.94. The Morgan fingerprint density at radius 3 is 2.82 bits per heavy atom. The van der Waals surface area contributed by atoms with E-state index in [1.807, 2.05) is 14.0 Å². The lowest BCUT2D eigenvalue weighted by atomic mass is 10.0. The maximum atomic E-state index is 6.37. The molecule has 0 N–H and O–H groups in total. The summed E-state index contributed by atoms with van der Waals surface area (Å²) in [6.07, 6.45) is 2.47. The van der Waals surface area contributed by atoms with Gasteiger partial charge in [-0.2, -0.15) is 5.10 Å². The molecule has 0 saturated carbocycles. The summed E-state index contributed by atoms with van der Waals surface area (Å²) in [5.74, 6) is 0. The molecular formula is C16H27ClN4O. The molecule has 0 spiro atoms. The first kappa shape index (κ1) is 16.2. The zero-order chi connectivity index (χ0) is 15.7. The molecule has 3 heterocycles. The van der Waals surface area contributed by atoms with Gasteiger partial charge in [-0.3, -0.25) is 14.5 Å². The van der Waals surface area contributed by atoms with Gasteiger partial charge in [-0.15, -0.1) is 0 Å². The third-order valence-corrected chi connectivity index (χ3v) is 5.45. The Kier molecular flexibility index (Phi) is 5.07.